The van der Waals surface area contributed by atoms with Gasteiger partial charge in [-0.25, -0.2) is 0 Å². The van der Waals surface area contributed by atoms with Crippen molar-refractivity contribution in [1.82, 2.24) is 4.90 Å². The number of hydrogen-bond donors (Lipinski definition) is 0. The Hall–Kier alpha value is 0.170. The van der Waals surface area contributed by atoms with Crippen molar-refractivity contribution in [3.63, 3.8) is 0 Å². The normalized spacial score (nSPS) is 21.0. The van der Waals surface area contributed by atoms with Crippen LogP contribution in [0.5, 0.6) is 0 Å². The Morgan fingerprint density at radius 1 is 1.13 bits per heavy atom. The molecule has 4 heteroatoms. The van der Waals surface area contributed by atoms with Crippen molar-refractivity contribution in [2.45, 2.75) is 38.4 Å². The van der Waals surface area contributed by atoms with Crippen LogP contribution in [0.3, 0.4) is 0 Å². The van der Waals surface area contributed by atoms with Crippen LogP contribution in [-0.4, -0.2) is 44.5 Å². The van der Waals surface area contributed by atoms with E-state index in [1.54, 1.807) is 14.2 Å². The molecule has 1 rings (SSSR count). The molecule has 0 unspecified atom stereocenters. The predicted octanol–water partition coefficient (Wildman–Crippen LogP) is 2.29. The molecule has 92 valence electrons. The average molecular weight is 238 g/mol. The highest BCUT2D eigenvalue weighted by Gasteiger charge is 2.33. The molecular formula is C11H24ClNO2. The molecule has 1 saturated heterocycles. The lowest BCUT2D eigenvalue weighted by atomic mass is 10.0. The lowest BCUT2D eigenvalue weighted by molar-refractivity contribution is -0.229. The van der Waals surface area contributed by atoms with E-state index < -0.39 is 0 Å². The first-order chi connectivity index (χ1) is 6.76. The summed E-state index contributed by atoms with van der Waals surface area (Å²) in [5.41, 5.74) is 0. The van der Waals surface area contributed by atoms with Crippen molar-refractivity contribution in [3.05, 3.63) is 0 Å². The summed E-state index contributed by atoms with van der Waals surface area (Å²) in [5, 5.41) is 0. The smallest absolute Gasteiger partial charge is 0.169 e. The number of unbranched alkanes of at least 4 members (excludes halogenated alkanes) is 1. The van der Waals surface area contributed by atoms with E-state index in [4.69, 9.17) is 9.47 Å². The van der Waals surface area contributed by atoms with Crippen LogP contribution in [-0.2, 0) is 9.47 Å². The Kier molecular flexibility index (Phi) is 7.53. The molecule has 15 heavy (non-hydrogen) atoms. The van der Waals surface area contributed by atoms with Crippen LogP contribution in [0.2, 0.25) is 0 Å². The summed E-state index contributed by atoms with van der Waals surface area (Å²) in [6, 6.07) is 0. The summed E-state index contributed by atoms with van der Waals surface area (Å²) >= 11 is 0. The van der Waals surface area contributed by atoms with Gasteiger partial charge in [0.15, 0.2) is 5.79 Å². The predicted molar refractivity (Wildman–Crippen MR) is 64.6 cm³/mol. The van der Waals surface area contributed by atoms with Crippen LogP contribution in [0.15, 0.2) is 0 Å². The highest BCUT2D eigenvalue weighted by molar-refractivity contribution is 5.85. The second kappa shape index (κ2) is 7.44. The van der Waals surface area contributed by atoms with E-state index in [9.17, 15) is 0 Å². The zero-order chi connectivity index (χ0) is 10.4. The minimum absolute atomic E-state index is 0. The maximum Gasteiger partial charge on any atom is 0.169 e. The first-order valence-electron chi connectivity index (χ1n) is 5.59. The van der Waals surface area contributed by atoms with Gasteiger partial charge in [-0.05, 0) is 13.0 Å². The number of hydrogen-bond acceptors (Lipinski definition) is 3. The number of piperidine rings is 1. The van der Waals surface area contributed by atoms with Crippen molar-refractivity contribution in [2.24, 2.45) is 0 Å². The maximum atomic E-state index is 5.43. The number of rotatable bonds is 5. The fourth-order valence-corrected chi connectivity index (χ4v) is 1.99. The third-order valence-electron chi connectivity index (χ3n) is 3.19. The minimum Gasteiger partial charge on any atom is -0.353 e. The third-order valence-corrected chi connectivity index (χ3v) is 3.19. The quantitative estimate of drug-likeness (QED) is 0.685. The first kappa shape index (κ1) is 15.2. The number of nitrogens with zero attached hydrogens (tertiary/aromatic N) is 1. The Morgan fingerprint density at radius 2 is 1.67 bits per heavy atom. The summed E-state index contributed by atoms with van der Waals surface area (Å²) in [5.74, 6) is -0.303. The highest BCUT2D eigenvalue weighted by atomic mass is 35.5. The van der Waals surface area contributed by atoms with Gasteiger partial charge in [0, 0.05) is 40.2 Å². The van der Waals surface area contributed by atoms with Crippen molar-refractivity contribution in [3.8, 4) is 0 Å². The summed E-state index contributed by atoms with van der Waals surface area (Å²) in [6.07, 6.45) is 4.55. The van der Waals surface area contributed by atoms with Gasteiger partial charge in [0.05, 0.1) is 0 Å². The highest BCUT2D eigenvalue weighted by Crippen LogP contribution is 2.26. The summed E-state index contributed by atoms with van der Waals surface area (Å²) in [4.78, 5) is 2.50. The molecule has 0 aromatic carbocycles. The molecule has 1 heterocycles. The van der Waals surface area contributed by atoms with E-state index in [0.29, 0.717) is 0 Å². The molecule has 0 amide bonds. The van der Waals surface area contributed by atoms with Gasteiger partial charge < -0.3 is 14.4 Å². The third kappa shape index (κ3) is 4.27. The molecule has 0 radical (unpaired) electrons. The molecule has 0 aromatic heterocycles. The van der Waals surface area contributed by atoms with E-state index in [0.717, 1.165) is 25.9 Å². The fourth-order valence-electron chi connectivity index (χ4n) is 1.99. The van der Waals surface area contributed by atoms with Crippen LogP contribution in [0.25, 0.3) is 0 Å². The topological polar surface area (TPSA) is 21.7 Å². The van der Waals surface area contributed by atoms with Gasteiger partial charge in [-0.3, -0.25) is 0 Å². The van der Waals surface area contributed by atoms with Crippen LogP contribution in [0.4, 0.5) is 0 Å². The Morgan fingerprint density at radius 3 is 2.07 bits per heavy atom. The summed E-state index contributed by atoms with van der Waals surface area (Å²) in [6.45, 7) is 5.65. The maximum absolute atomic E-state index is 5.43. The standard InChI is InChI=1S/C11H23NO2.ClH/c1-4-5-8-12-9-6-11(13-2,14-3)7-10-12;/h4-10H2,1-3H3;1H. The molecule has 0 saturated carbocycles. The number of ether oxygens (including phenoxy) is 2. The lowest BCUT2D eigenvalue weighted by Crippen LogP contribution is -2.46. The Labute approximate surface area is 99.5 Å². The lowest BCUT2D eigenvalue weighted by Gasteiger charge is -2.39. The molecule has 1 aliphatic heterocycles. The van der Waals surface area contributed by atoms with E-state index in [2.05, 4.69) is 11.8 Å². The van der Waals surface area contributed by atoms with E-state index in [-0.39, 0.29) is 18.2 Å². The Balaban J connectivity index is 0.00000196. The molecule has 1 aliphatic rings. The fraction of sp³-hybridized carbons (Fsp3) is 1.00. The first-order valence-corrected chi connectivity index (χ1v) is 5.59. The average Bonchev–Trinajstić information content (AvgIpc) is 2.27. The second-order valence-corrected chi connectivity index (χ2v) is 4.01. The molecule has 0 atom stereocenters. The van der Waals surface area contributed by atoms with Gasteiger partial charge in [-0.1, -0.05) is 13.3 Å². The van der Waals surface area contributed by atoms with E-state index in [1.807, 2.05) is 0 Å². The number of likely N-dealkylation sites (tertiary alicyclic amines) is 1. The molecule has 0 spiro atoms. The number of methoxy groups -OCH3 is 2. The van der Waals surface area contributed by atoms with Crippen molar-refractivity contribution in [2.75, 3.05) is 33.9 Å². The van der Waals surface area contributed by atoms with Crippen LogP contribution in [0, 0.1) is 0 Å². The monoisotopic (exact) mass is 237 g/mol. The summed E-state index contributed by atoms with van der Waals surface area (Å²) < 4.78 is 10.9. The molecule has 3 nitrogen and oxygen atoms in total. The van der Waals surface area contributed by atoms with Crippen LogP contribution < -0.4 is 0 Å². The van der Waals surface area contributed by atoms with Gasteiger partial charge in [0.1, 0.15) is 0 Å². The van der Waals surface area contributed by atoms with Gasteiger partial charge in [0.25, 0.3) is 0 Å². The molecule has 1 fully saturated rings. The molecule has 0 N–H and O–H groups in total. The number of halogens is 1. The minimum atomic E-state index is -0.303. The molecule has 0 aromatic rings. The largest absolute Gasteiger partial charge is 0.353 e. The zero-order valence-electron chi connectivity index (χ0n) is 10.1. The molecule has 0 bridgehead atoms. The van der Waals surface area contributed by atoms with Gasteiger partial charge >= 0.3 is 0 Å². The van der Waals surface area contributed by atoms with E-state index in [1.165, 1.54) is 19.4 Å². The van der Waals surface area contributed by atoms with E-state index >= 15 is 0 Å². The van der Waals surface area contributed by atoms with Crippen molar-refractivity contribution in [1.29, 1.82) is 0 Å². The van der Waals surface area contributed by atoms with Crippen molar-refractivity contribution >= 4 is 12.4 Å². The van der Waals surface area contributed by atoms with Crippen LogP contribution in [0.1, 0.15) is 32.6 Å². The second-order valence-electron chi connectivity index (χ2n) is 4.01. The zero-order valence-corrected chi connectivity index (χ0v) is 10.9. The van der Waals surface area contributed by atoms with Gasteiger partial charge in [-0.2, -0.15) is 0 Å². The molecular weight excluding hydrogens is 214 g/mol. The molecule has 0 aliphatic carbocycles. The van der Waals surface area contributed by atoms with Gasteiger partial charge in [0.2, 0.25) is 0 Å². The van der Waals surface area contributed by atoms with Crippen molar-refractivity contribution < 1.29 is 9.47 Å². The Bertz CT molecular complexity index is 153. The SMILES string of the molecule is CCCCN1CCC(OC)(OC)CC1.Cl. The summed E-state index contributed by atoms with van der Waals surface area (Å²) in [7, 11) is 3.48. The van der Waals surface area contributed by atoms with Gasteiger partial charge in [-0.15, -0.1) is 12.4 Å². The van der Waals surface area contributed by atoms with Crippen LogP contribution >= 0.6 is 12.4 Å².